The van der Waals surface area contributed by atoms with Crippen molar-refractivity contribution in [3.8, 4) is 0 Å². The van der Waals surface area contributed by atoms with E-state index in [0.717, 1.165) is 18.4 Å². The van der Waals surface area contributed by atoms with Gasteiger partial charge in [-0.1, -0.05) is 45.1 Å². The Morgan fingerprint density at radius 2 is 1.84 bits per heavy atom. The summed E-state index contributed by atoms with van der Waals surface area (Å²) in [6, 6.07) is 4.14. The van der Waals surface area contributed by atoms with Gasteiger partial charge in [-0.15, -0.1) is 0 Å². The molecule has 0 aromatic heterocycles. The quantitative estimate of drug-likeness (QED) is 0.408. The van der Waals surface area contributed by atoms with Crippen LogP contribution in [0.15, 0.2) is 18.2 Å². The van der Waals surface area contributed by atoms with E-state index >= 15 is 0 Å². The van der Waals surface area contributed by atoms with Gasteiger partial charge in [-0.05, 0) is 30.5 Å². The molecule has 1 aromatic carbocycles. The van der Waals surface area contributed by atoms with Crippen LogP contribution < -0.4 is 11.3 Å². The van der Waals surface area contributed by atoms with Crippen LogP contribution in [-0.4, -0.2) is 6.04 Å². The summed E-state index contributed by atoms with van der Waals surface area (Å²) in [6.07, 6.45) is 7.64. The largest absolute Gasteiger partial charge is 0.271 e. The Balaban J connectivity index is 2.36. The van der Waals surface area contributed by atoms with Crippen LogP contribution in [-0.2, 0) is 6.42 Å². The van der Waals surface area contributed by atoms with Crippen LogP contribution >= 0.6 is 0 Å². The van der Waals surface area contributed by atoms with Gasteiger partial charge in [-0.3, -0.25) is 11.3 Å². The van der Waals surface area contributed by atoms with E-state index in [4.69, 9.17) is 5.84 Å². The van der Waals surface area contributed by atoms with Crippen molar-refractivity contribution in [2.75, 3.05) is 0 Å². The molecular weight excluding hydrogens is 246 g/mol. The molecule has 0 spiro atoms. The minimum atomic E-state index is -0.805. The third-order valence-corrected chi connectivity index (χ3v) is 3.36. The Bertz CT molecular complexity index is 369. The minimum absolute atomic E-state index is 0.117. The molecule has 4 heteroatoms. The van der Waals surface area contributed by atoms with Crippen LogP contribution in [0.2, 0.25) is 0 Å². The van der Waals surface area contributed by atoms with E-state index in [1.807, 2.05) is 0 Å². The first-order chi connectivity index (χ1) is 9.17. The normalized spacial score (nSPS) is 12.6. The Labute approximate surface area is 114 Å². The SMILES string of the molecule is CCCCCCCC(Cc1ccc(F)c(F)c1)NN. The Kier molecular flexibility index (Phi) is 7.60. The van der Waals surface area contributed by atoms with Gasteiger partial charge < -0.3 is 0 Å². The van der Waals surface area contributed by atoms with Crippen molar-refractivity contribution in [2.24, 2.45) is 5.84 Å². The number of hydrogen-bond acceptors (Lipinski definition) is 2. The van der Waals surface area contributed by atoms with Crippen molar-refractivity contribution in [3.05, 3.63) is 35.4 Å². The summed E-state index contributed by atoms with van der Waals surface area (Å²) in [5, 5.41) is 0. The first-order valence-electron chi connectivity index (χ1n) is 7.07. The van der Waals surface area contributed by atoms with Gasteiger partial charge in [0, 0.05) is 6.04 Å². The van der Waals surface area contributed by atoms with E-state index in [9.17, 15) is 8.78 Å². The van der Waals surface area contributed by atoms with Crippen LogP contribution in [0.25, 0.3) is 0 Å². The molecule has 108 valence electrons. The van der Waals surface area contributed by atoms with E-state index in [1.165, 1.54) is 37.8 Å². The molecule has 3 N–H and O–H groups in total. The van der Waals surface area contributed by atoms with Gasteiger partial charge in [-0.25, -0.2) is 8.78 Å². The molecular formula is C15H24F2N2. The number of halogens is 2. The molecule has 19 heavy (non-hydrogen) atoms. The fourth-order valence-corrected chi connectivity index (χ4v) is 2.19. The molecule has 0 aliphatic rings. The summed E-state index contributed by atoms with van der Waals surface area (Å²) in [6.45, 7) is 2.19. The van der Waals surface area contributed by atoms with Gasteiger partial charge in [0.25, 0.3) is 0 Å². The van der Waals surface area contributed by atoms with Gasteiger partial charge >= 0.3 is 0 Å². The summed E-state index contributed by atoms with van der Waals surface area (Å²) in [5.41, 5.74) is 3.53. The second kappa shape index (κ2) is 8.99. The fourth-order valence-electron chi connectivity index (χ4n) is 2.19. The second-order valence-corrected chi connectivity index (χ2v) is 5.02. The average Bonchev–Trinajstić information content (AvgIpc) is 2.41. The smallest absolute Gasteiger partial charge is 0.159 e. The monoisotopic (exact) mass is 270 g/mol. The molecule has 2 nitrogen and oxygen atoms in total. The highest BCUT2D eigenvalue weighted by molar-refractivity contribution is 5.18. The maximum absolute atomic E-state index is 13.1. The fraction of sp³-hybridized carbons (Fsp3) is 0.600. The summed E-state index contributed by atoms with van der Waals surface area (Å²) in [7, 11) is 0. The molecule has 0 amide bonds. The van der Waals surface area contributed by atoms with Crippen molar-refractivity contribution in [3.63, 3.8) is 0 Å². The zero-order valence-corrected chi connectivity index (χ0v) is 11.6. The Morgan fingerprint density at radius 3 is 2.47 bits per heavy atom. The van der Waals surface area contributed by atoms with Gasteiger partial charge in [0.05, 0.1) is 0 Å². The minimum Gasteiger partial charge on any atom is -0.271 e. The molecule has 0 bridgehead atoms. The Hall–Kier alpha value is -1.00. The van der Waals surface area contributed by atoms with Gasteiger partial charge in [0.1, 0.15) is 0 Å². The third kappa shape index (κ3) is 6.12. The van der Waals surface area contributed by atoms with E-state index in [1.54, 1.807) is 6.07 Å². The number of benzene rings is 1. The van der Waals surface area contributed by atoms with Crippen LogP contribution in [0.3, 0.4) is 0 Å². The number of unbranched alkanes of at least 4 members (excludes halogenated alkanes) is 4. The van der Waals surface area contributed by atoms with Crippen LogP contribution in [0.4, 0.5) is 8.78 Å². The lowest BCUT2D eigenvalue weighted by Crippen LogP contribution is -2.36. The molecule has 0 saturated heterocycles. The number of hydrogen-bond donors (Lipinski definition) is 2. The predicted molar refractivity (Wildman–Crippen MR) is 74.5 cm³/mol. The van der Waals surface area contributed by atoms with Crippen molar-refractivity contribution in [1.29, 1.82) is 0 Å². The summed E-state index contributed by atoms with van der Waals surface area (Å²) >= 11 is 0. The van der Waals surface area contributed by atoms with Crippen molar-refractivity contribution >= 4 is 0 Å². The maximum Gasteiger partial charge on any atom is 0.159 e. The molecule has 1 unspecified atom stereocenters. The maximum atomic E-state index is 13.1. The molecule has 0 heterocycles. The molecule has 0 radical (unpaired) electrons. The lowest BCUT2D eigenvalue weighted by molar-refractivity contribution is 0.457. The standard InChI is InChI=1S/C15H24F2N2/c1-2-3-4-5-6-7-13(19-18)10-12-8-9-14(16)15(17)11-12/h8-9,11,13,19H,2-7,10,18H2,1H3. The van der Waals surface area contributed by atoms with Crippen LogP contribution in [0.1, 0.15) is 51.0 Å². The zero-order chi connectivity index (χ0) is 14.1. The topological polar surface area (TPSA) is 38.0 Å². The molecule has 0 aliphatic carbocycles. The summed E-state index contributed by atoms with van der Waals surface area (Å²) in [4.78, 5) is 0. The number of hydrazine groups is 1. The van der Waals surface area contributed by atoms with Crippen molar-refractivity contribution in [2.45, 2.75) is 57.9 Å². The van der Waals surface area contributed by atoms with E-state index in [-0.39, 0.29) is 6.04 Å². The highest BCUT2D eigenvalue weighted by Crippen LogP contribution is 2.13. The van der Waals surface area contributed by atoms with E-state index in [0.29, 0.717) is 6.42 Å². The van der Waals surface area contributed by atoms with Crippen molar-refractivity contribution < 1.29 is 8.78 Å². The first-order valence-corrected chi connectivity index (χ1v) is 7.07. The molecule has 0 saturated carbocycles. The van der Waals surface area contributed by atoms with Crippen molar-refractivity contribution in [1.82, 2.24) is 5.43 Å². The van der Waals surface area contributed by atoms with E-state index in [2.05, 4.69) is 12.3 Å². The highest BCUT2D eigenvalue weighted by atomic mass is 19.2. The Morgan fingerprint density at radius 1 is 1.11 bits per heavy atom. The van der Waals surface area contributed by atoms with Gasteiger partial charge in [0.2, 0.25) is 0 Å². The number of nitrogens with two attached hydrogens (primary N) is 1. The number of nitrogens with one attached hydrogen (secondary N) is 1. The third-order valence-electron chi connectivity index (χ3n) is 3.36. The molecule has 0 aliphatic heterocycles. The van der Waals surface area contributed by atoms with Crippen LogP contribution in [0.5, 0.6) is 0 Å². The average molecular weight is 270 g/mol. The summed E-state index contributed by atoms with van der Waals surface area (Å²) in [5.74, 6) is 3.91. The lowest BCUT2D eigenvalue weighted by Gasteiger charge is -2.16. The molecule has 0 fully saturated rings. The number of rotatable bonds is 9. The molecule has 1 rings (SSSR count). The second-order valence-electron chi connectivity index (χ2n) is 5.02. The van der Waals surface area contributed by atoms with Crippen LogP contribution in [0, 0.1) is 11.6 Å². The first kappa shape index (κ1) is 16.1. The molecule has 1 atom stereocenters. The summed E-state index contributed by atoms with van der Waals surface area (Å²) < 4.78 is 25.9. The zero-order valence-electron chi connectivity index (χ0n) is 11.6. The molecule has 1 aromatic rings. The van der Waals surface area contributed by atoms with E-state index < -0.39 is 11.6 Å². The van der Waals surface area contributed by atoms with Gasteiger partial charge in [-0.2, -0.15) is 0 Å². The highest BCUT2D eigenvalue weighted by Gasteiger charge is 2.09. The lowest BCUT2D eigenvalue weighted by atomic mass is 10.00. The van der Waals surface area contributed by atoms with Gasteiger partial charge in [0.15, 0.2) is 11.6 Å². The predicted octanol–water partition coefficient (Wildman–Crippen LogP) is 3.70.